The smallest absolute Gasteiger partial charge is 0.408 e. The highest BCUT2D eigenvalue weighted by Gasteiger charge is 2.26. The highest BCUT2D eigenvalue weighted by atomic mass is 16.6. The summed E-state index contributed by atoms with van der Waals surface area (Å²) >= 11 is 0. The summed E-state index contributed by atoms with van der Waals surface area (Å²) in [4.78, 5) is 37.9. The predicted octanol–water partition coefficient (Wildman–Crippen LogP) is 6.50. The van der Waals surface area contributed by atoms with Crippen molar-refractivity contribution in [3.05, 3.63) is 95.1 Å². The van der Waals surface area contributed by atoms with Crippen LogP contribution >= 0.6 is 0 Å². The first-order chi connectivity index (χ1) is 19.5. The minimum Gasteiger partial charge on any atom is -0.463 e. The fourth-order valence-electron chi connectivity index (χ4n) is 4.81. The molecule has 0 fully saturated rings. The number of fused-ring (bicyclic) bond motifs is 3. The van der Waals surface area contributed by atoms with Gasteiger partial charge >= 0.3 is 18.0 Å². The Morgan fingerprint density at radius 1 is 0.775 bits per heavy atom. The van der Waals surface area contributed by atoms with Gasteiger partial charge in [0.25, 0.3) is 0 Å². The Morgan fingerprint density at radius 2 is 1.52 bits per heavy atom. The molecule has 1 aliphatic rings. The van der Waals surface area contributed by atoms with Gasteiger partial charge in [0.05, 0.1) is 0 Å². The molecule has 0 radical (unpaired) electrons. The third-order valence-electron chi connectivity index (χ3n) is 7.00. The SMILES string of the molecule is CCCCCCCC(=O)OCC(NC(=O)OCc1cccc2c1Cc1ccccc1-2)C(=O)OCc1ccccc1. The molecule has 210 valence electrons. The van der Waals surface area contributed by atoms with Crippen LogP contribution in [-0.2, 0) is 43.4 Å². The van der Waals surface area contributed by atoms with Crippen LogP contribution < -0.4 is 5.32 Å². The number of carbonyl (C=O) groups excluding carboxylic acids is 3. The molecule has 0 saturated heterocycles. The van der Waals surface area contributed by atoms with Crippen molar-refractivity contribution in [1.29, 1.82) is 0 Å². The van der Waals surface area contributed by atoms with Crippen LogP contribution in [0.2, 0.25) is 0 Å². The Morgan fingerprint density at radius 3 is 2.35 bits per heavy atom. The van der Waals surface area contributed by atoms with Crippen LogP contribution in [0.25, 0.3) is 11.1 Å². The van der Waals surface area contributed by atoms with Gasteiger partial charge in [-0.3, -0.25) is 4.79 Å². The molecule has 7 nitrogen and oxygen atoms in total. The van der Waals surface area contributed by atoms with E-state index in [1.807, 2.05) is 54.6 Å². The van der Waals surface area contributed by atoms with Crippen molar-refractivity contribution < 1.29 is 28.6 Å². The van der Waals surface area contributed by atoms with E-state index in [9.17, 15) is 14.4 Å². The van der Waals surface area contributed by atoms with Gasteiger partial charge in [-0.15, -0.1) is 0 Å². The zero-order valence-electron chi connectivity index (χ0n) is 23.0. The lowest BCUT2D eigenvalue weighted by Crippen LogP contribution is -2.45. The topological polar surface area (TPSA) is 90.9 Å². The average molecular weight is 544 g/mol. The number of hydrogen-bond acceptors (Lipinski definition) is 6. The Bertz CT molecular complexity index is 1290. The molecule has 0 aromatic heterocycles. The molecule has 0 aliphatic heterocycles. The minimum absolute atomic E-state index is 0.0367. The van der Waals surface area contributed by atoms with E-state index in [4.69, 9.17) is 14.2 Å². The molecule has 7 heteroatoms. The Kier molecular flexibility index (Phi) is 10.7. The first-order valence-electron chi connectivity index (χ1n) is 14.0. The van der Waals surface area contributed by atoms with Crippen molar-refractivity contribution >= 4 is 18.0 Å². The fourth-order valence-corrected chi connectivity index (χ4v) is 4.81. The van der Waals surface area contributed by atoms with Gasteiger partial charge in [-0.1, -0.05) is 105 Å². The molecule has 1 unspecified atom stereocenters. The second kappa shape index (κ2) is 14.9. The van der Waals surface area contributed by atoms with Crippen LogP contribution in [0.1, 0.15) is 67.7 Å². The summed E-state index contributed by atoms with van der Waals surface area (Å²) in [5, 5.41) is 2.53. The van der Waals surface area contributed by atoms with Crippen LogP contribution in [-0.4, -0.2) is 30.7 Å². The van der Waals surface area contributed by atoms with Gasteiger partial charge in [-0.05, 0) is 46.2 Å². The number of benzene rings is 3. The molecule has 0 heterocycles. The second-order valence-corrected chi connectivity index (χ2v) is 9.99. The van der Waals surface area contributed by atoms with Crippen molar-refractivity contribution in [2.75, 3.05) is 6.61 Å². The van der Waals surface area contributed by atoms with Crippen LogP contribution in [0.5, 0.6) is 0 Å². The maximum Gasteiger partial charge on any atom is 0.408 e. The minimum atomic E-state index is -1.19. The highest BCUT2D eigenvalue weighted by Crippen LogP contribution is 2.38. The largest absolute Gasteiger partial charge is 0.463 e. The van der Waals surface area contributed by atoms with E-state index in [0.29, 0.717) is 0 Å². The number of esters is 2. The summed E-state index contributed by atoms with van der Waals surface area (Å²) in [5.41, 5.74) is 6.41. The molecular formula is C33H37NO6. The molecule has 4 rings (SSSR count). The van der Waals surface area contributed by atoms with E-state index in [2.05, 4.69) is 30.4 Å². The van der Waals surface area contributed by atoms with Gasteiger partial charge < -0.3 is 19.5 Å². The van der Waals surface area contributed by atoms with E-state index in [1.165, 1.54) is 11.1 Å². The van der Waals surface area contributed by atoms with Gasteiger partial charge in [0.1, 0.15) is 19.8 Å². The Hall–Kier alpha value is -4.13. The van der Waals surface area contributed by atoms with E-state index in [0.717, 1.165) is 60.8 Å². The van der Waals surface area contributed by atoms with E-state index >= 15 is 0 Å². The molecule has 1 atom stereocenters. The summed E-state index contributed by atoms with van der Waals surface area (Å²) in [7, 11) is 0. The molecule has 3 aromatic rings. The molecule has 0 saturated carbocycles. The molecular weight excluding hydrogens is 506 g/mol. The second-order valence-electron chi connectivity index (χ2n) is 9.99. The number of carbonyl (C=O) groups is 3. The summed E-state index contributed by atoms with van der Waals surface area (Å²) in [5.74, 6) is -1.11. The van der Waals surface area contributed by atoms with E-state index in [1.54, 1.807) is 0 Å². The van der Waals surface area contributed by atoms with E-state index < -0.39 is 24.1 Å². The quantitative estimate of drug-likeness (QED) is 0.111. The van der Waals surface area contributed by atoms with Crippen LogP contribution in [0.4, 0.5) is 4.79 Å². The number of rotatable bonds is 14. The van der Waals surface area contributed by atoms with Gasteiger partial charge in [-0.2, -0.15) is 0 Å². The van der Waals surface area contributed by atoms with Crippen LogP contribution in [0.15, 0.2) is 72.8 Å². The van der Waals surface area contributed by atoms with Crippen molar-refractivity contribution in [3.63, 3.8) is 0 Å². The maximum absolute atomic E-state index is 12.9. The third kappa shape index (κ3) is 8.18. The summed E-state index contributed by atoms with van der Waals surface area (Å²) < 4.78 is 16.2. The lowest BCUT2D eigenvalue weighted by Gasteiger charge is -2.18. The number of amides is 1. The fraction of sp³-hybridized carbons (Fsp3) is 0.364. The first kappa shape index (κ1) is 28.9. The molecule has 1 amide bonds. The Balaban J connectivity index is 1.33. The van der Waals surface area contributed by atoms with Crippen LogP contribution in [0.3, 0.4) is 0 Å². The summed E-state index contributed by atoms with van der Waals surface area (Å²) in [6.07, 6.45) is 5.26. The lowest BCUT2D eigenvalue weighted by atomic mass is 10.0. The molecule has 40 heavy (non-hydrogen) atoms. The standard InChI is InChI=1S/C33H37NO6/c1-2-3-4-5-9-19-31(35)38-23-30(32(36)39-21-24-13-7-6-8-14-24)34-33(37)40-22-26-16-12-18-28-27-17-11-10-15-25(27)20-29(26)28/h6-8,10-18,30H,2-5,9,19-23H2,1H3,(H,34,37). The maximum atomic E-state index is 12.9. The normalized spacial score (nSPS) is 12.1. The number of ether oxygens (including phenoxy) is 3. The number of nitrogens with one attached hydrogen (secondary N) is 1. The molecule has 0 spiro atoms. The number of unbranched alkanes of at least 4 members (excludes halogenated alkanes) is 4. The number of hydrogen-bond donors (Lipinski definition) is 1. The molecule has 1 N–H and O–H groups in total. The first-order valence-corrected chi connectivity index (χ1v) is 14.0. The van der Waals surface area contributed by atoms with Gasteiger partial charge in [0, 0.05) is 6.42 Å². The Labute approximate surface area is 235 Å². The molecule has 0 bridgehead atoms. The van der Waals surface area contributed by atoms with Gasteiger partial charge in [0.2, 0.25) is 0 Å². The molecule has 3 aromatic carbocycles. The molecule has 1 aliphatic carbocycles. The van der Waals surface area contributed by atoms with E-state index in [-0.39, 0.29) is 26.2 Å². The van der Waals surface area contributed by atoms with Gasteiger partial charge in [-0.25, -0.2) is 9.59 Å². The van der Waals surface area contributed by atoms with Crippen molar-refractivity contribution in [1.82, 2.24) is 5.32 Å². The van der Waals surface area contributed by atoms with Crippen molar-refractivity contribution in [3.8, 4) is 11.1 Å². The lowest BCUT2D eigenvalue weighted by molar-refractivity contribution is -0.153. The summed E-state index contributed by atoms with van der Waals surface area (Å²) in [6, 6.07) is 22.2. The average Bonchev–Trinajstić information content (AvgIpc) is 3.37. The zero-order chi connectivity index (χ0) is 28.2. The zero-order valence-corrected chi connectivity index (χ0v) is 23.0. The highest BCUT2D eigenvalue weighted by molar-refractivity contribution is 5.82. The van der Waals surface area contributed by atoms with Gasteiger partial charge in [0.15, 0.2) is 6.04 Å². The van der Waals surface area contributed by atoms with Crippen LogP contribution in [0, 0.1) is 0 Å². The van der Waals surface area contributed by atoms with Crippen molar-refractivity contribution in [2.45, 2.75) is 71.1 Å². The predicted molar refractivity (Wildman–Crippen MR) is 152 cm³/mol. The van der Waals surface area contributed by atoms with Crippen molar-refractivity contribution in [2.24, 2.45) is 0 Å². The monoisotopic (exact) mass is 543 g/mol. The number of alkyl carbamates (subject to hydrolysis) is 1. The third-order valence-corrected chi connectivity index (χ3v) is 7.00. The summed E-state index contributed by atoms with van der Waals surface area (Å²) in [6.45, 7) is 1.89.